The van der Waals surface area contributed by atoms with Crippen molar-refractivity contribution in [2.75, 3.05) is 20.3 Å². The number of ether oxygens (including phenoxy) is 1. The van der Waals surface area contributed by atoms with Gasteiger partial charge in [-0.1, -0.05) is 22.0 Å². The smallest absolute Gasteiger partial charge is 0.239 e. The van der Waals surface area contributed by atoms with Gasteiger partial charge in [-0.25, -0.2) is 0 Å². The Morgan fingerprint density at radius 1 is 1.52 bits per heavy atom. The lowest BCUT2D eigenvalue weighted by atomic mass is 10.2. The molecule has 1 N–H and O–H groups in total. The Kier molecular flexibility index (Phi) is 5.78. The van der Waals surface area contributed by atoms with Gasteiger partial charge in [-0.3, -0.25) is 9.63 Å². The van der Waals surface area contributed by atoms with Crippen LogP contribution in [-0.2, 0) is 16.2 Å². The van der Waals surface area contributed by atoms with Crippen molar-refractivity contribution in [2.24, 2.45) is 0 Å². The van der Waals surface area contributed by atoms with Crippen molar-refractivity contribution in [3.05, 3.63) is 40.9 Å². The summed E-state index contributed by atoms with van der Waals surface area (Å²) in [4.78, 5) is 17.5. The fourth-order valence-electron chi connectivity index (χ4n) is 2.26. The molecule has 0 aromatic heterocycles. The van der Waals surface area contributed by atoms with E-state index in [-0.39, 0.29) is 11.9 Å². The Labute approximate surface area is 133 Å². The second kappa shape index (κ2) is 7.59. The lowest BCUT2D eigenvalue weighted by Crippen LogP contribution is -2.40. The number of methoxy groups -OCH3 is 1. The van der Waals surface area contributed by atoms with E-state index >= 15 is 0 Å². The molecule has 1 atom stereocenters. The third kappa shape index (κ3) is 4.30. The van der Waals surface area contributed by atoms with Gasteiger partial charge in [0.05, 0.1) is 20.3 Å². The molecule has 114 valence electrons. The quantitative estimate of drug-likeness (QED) is 0.602. The highest BCUT2D eigenvalue weighted by molar-refractivity contribution is 9.10. The van der Waals surface area contributed by atoms with Crippen LogP contribution in [0.25, 0.3) is 0 Å². The van der Waals surface area contributed by atoms with Crippen molar-refractivity contribution in [3.8, 4) is 5.75 Å². The van der Waals surface area contributed by atoms with E-state index in [9.17, 15) is 4.79 Å². The lowest BCUT2D eigenvalue weighted by Gasteiger charge is -2.25. The minimum Gasteiger partial charge on any atom is -0.497 e. The average Bonchev–Trinajstić information content (AvgIpc) is 2.89. The Morgan fingerprint density at radius 2 is 2.33 bits per heavy atom. The topological polar surface area (TPSA) is 50.8 Å². The summed E-state index contributed by atoms with van der Waals surface area (Å²) >= 11 is 3.46. The molecule has 0 aliphatic carbocycles. The molecule has 2 rings (SSSR count). The Bertz CT molecular complexity index is 522. The van der Waals surface area contributed by atoms with Crippen LogP contribution in [0.2, 0.25) is 0 Å². The van der Waals surface area contributed by atoms with Crippen LogP contribution < -0.4 is 10.1 Å². The number of rotatable bonds is 7. The molecule has 1 aliphatic rings. The van der Waals surface area contributed by atoms with Gasteiger partial charge >= 0.3 is 0 Å². The molecule has 1 fully saturated rings. The van der Waals surface area contributed by atoms with Crippen LogP contribution in [0.1, 0.15) is 12.0 Å². The second-order valence-electron chi connectivity index (χ2n) is 4.75. The van der Waals surface area contributed by atoms with Gasteiger partial charge in [-0.2, -0.15) is 5.06 Å². The number of nitrogens with zero attached hydrogens (tertiary/aromatic N) is 1. The monoisotopic (exact) mass is 354 g/mol. The van der Waals surface area contributed by atoms with Gasteiger partial charge < -0.3 is 10.1 Å². The number of amides is 1. The molecule has 1 heterocycles. The van der Waals surface area contributed by atoms with Crippen LogP contribution >= 0.6 is 15.9 Å². The van der Waals surface area contributed by atoms with Crippen molar-refractivity contribution in [2.45, 2.75) is 19.0 Å². The number of carbonyl (C=O) groups excluding carboxylic acids is 1. The molecule has 5 nitrogen and oxygen atoms in total. The summed E-state index contributed by atoms with van der Waals surface area (Å²) in [7, 11) is 1.63. The third-order valence-electron chi connectivity index (χ3n) is 3.23. The van der Waals surface area contributed by atoms with Crippen molar-refractivity contribution in [1.82, 2.24) is 10.4 Å². The first-order valence-electron chi connectivity index (χ1n) is 6.75. The predicted molar refractivity (Wildman–Crippen MR) is 83.8 cm³/mol. The highest BCUT2D eigenvalue weighted by Crippen LogP contribution is 2.23. The van der Waals surface area contributed by atoms with Gasteiger partial charge in [0.1, 0.15) is 11.8 Å². The van der Waals surface area contributed by atoms with Crippen LogP contribution in [-0.4, -0.2) is 37.3 Å². The molecule has 1 amide bonds. The largest absolute Gasteiger partial charge is 0.497 e. The normalized spacial score (nSPS) is 17.9. The highest BCUT2D eigenvalue weighted by atomic mass is 79.9. The van der Waals surface area contributed by atoms with Crippen LogP contribution in [0, 0.1) is 0 Å². The number of hydrogen-bond donors (Lipinski definition) is 1. The number of hydroxylamine groups is 2. The van der Waals surface area contributed by atoms with E-state index in [1.54, 1.807) is 18.2 Å². The van der Waals surface area contributed by atoms with Crippen molar-refractivity contribution >= 4 is 21.8 Å². The van der Waals surface area contributed by atoms with Gasteiger partial charge in [0, 0.05) is 11.0 Å². The zero-order valence-corrected chi connectivity index (χ0v) is 13.6. The number of hydrogen-bond acceptors (Lipinski definition) is 4. The number of halogens is 1. The maximum absolute atomic E-state index is 11.9. The summed E-state index contributed by atoms with van der Waals surface area (Å²) in [6, 6.07) is 5.54. The molecule has 6 heteroatoms. The summed E-state index contributed by atoms with van der Waals surface area (Å²) in [6.07, 6.45) is 2.41. The fraction of sp³-hybridized carbons (Fsp3) is 0.400. The van der Waals surface area contributed by atoms with Gasteiger partial charge in [-0.05, 0) is 30.2 Å². The van der Waals surface area contributed by atoms with E-state index in [1.807, 2.05) is 18.2 Å². The van der Waals surface area contributed by atoms with Gasteiger partial charge in [0.15, 0.2) is 0 Å². The van der Waals surface area contributed by atoms with Crippen LogP contribution in [0.4, 0.5) is 0 Å². The average molecular weight is 355 g/mol. The standard InChI is InChI=1S/C15H19BrN2O3/c1-3-6-21-18(14-4-5-17-15(14)19)10-11-7-12(16)9-13(8-11)20-2/h3,7-9,14H,1,4-6,10H2,2H3,(H,17,19). The van der Waals surface area contributed by atoms with Gasteiger partial charge in [-0.15, -0.1) is 6.58 Å². The molecule has 1 aliphatic heterocycles. The Balaban J connectivity index is 2.15. The van der Waals surface area contributed by atoms with E-state index in [0.29, 0.717) is 19.7 Å². The van der Waals surface area contributed by atoms with Crippen molar-refractivity contribution < 1.29 is 14.4 Å². The first-order valence-corrected chi connectivity index (χ1v) is 7.55. The number of nitrogens with one attached hydrogen (secondary N) is 1. The Hall–Kier alpha value is -1.37. The van der Waals surface area contributed by atoms with Crippen LogP contribution in [0.3, 0.4) is 0 Å². The summed E-state index contributed by atoms with van der Waals surface area (Å²) in [6.45, 7) is 5.20. The third-order valence-corrected chi connectivity index (χ3v) is 3.69. The van der Waals surface area contributed by atoms with E-state index < -0.39 is 0 Å². The van der Waals surface area contributed by atoms with E-state index in [2.05, 4.69) is 27.8 Å². The van der Waals surface area contributed by atoms with Gasteiger partial charge in [0.25, 0.3) is 0 Å². The van der Waals surface area contributed by atoms with Crippen LogP contribution in [0.5, 0.6) is 5.75 Å². The van der Waals surface area contributed by atoms with Crippen molar-refractivity contribution in [1.29, 1.82) is 0 Å². The lowest BCUT2D eigenvalue weighted by molar-refractivity contribution is -0.186. The maximum Gasteiger partial charge on any atom is 0.239 e. The SMILES string of the molecule is C=CCON(Cc1cc(Br)cc(OC)c1)C1CCNC1=O. The molecule has 0 spiro atoms. The molecule has 1 aromatic rings. The highest BCUT2D eigenvalue weighted by Gasteiger charge is 2.31. The zero-order valence-electron chi connectivity index (χ0n) is 12.0. The predicted octanol–water partition coefficient (Wildman–Crippen LogP) is 2.27. The van der Waals surface area contributed by atoms with Gasteiger partial charge in [0.2, 0.25) is 5.91 Å². The van der Waals surface area contributed by atoms with E-state index in [4.69, 9.17) is 9.57 Å². The van der Waals surface area contributed by atoms with E-state index in [0.717, 1.165) is 22.2 Å². The van der Waals surface area contributed by atoms with Crippen LogP contribution in [0.15, 0.2) is 35.3 Å². The maximum atomic E-state index is 11.9. The molecular weight excluding hydrogens is 336 g/mol. The molecule has 0 bridgehead atoms. The number of benzene rings is 1. The molecule has 21 heavy (non-hydrogen) atoms. The van der Waals surface area contributed by atoms with E-state index in [1.165, 1.54) is 0 Å². The molecule has 1 aromatic carbocycles. The van der Waals surface area contributed by atoms with Crippen molar-refractivity contribution in [3.63, 3.8) is 0 Å². The first kappa shape index (κ1) is 16.0. The zero-order chi connectivity index (χ0) is 15.2. The summed E-state index contributed by atoms with van der Waals surface area (Å²) < 4.78 is 6.19. The molecule has 1 unspecified atom stereocenters. The minimum atomic E-state index is -0.269. The Morgan fingerprint density at radius 3 is 2.95 bits per heavy atom. The minimum absolute atomic E-state index is 0.000948. The summed E-state index contributed by atoms with van der Waals surface area (Å²) in [5.74, 6) is 0.764. The number of carbonyl (C=O) groups is 1. The first-order chi connectivity index (χ1) is 10.1. The molecule has 0 radical (unpaired) electrons. The summed E-state index contributed by atoms with van der Waals surface area (Å²) in [5, 5.41) is 4.54. The fourth-order valence-corrected chi connectivity index (χ4v) is 2.78. The molecule has 0 saturated carbocycles. The second-order valence-corrected chi connectivity index (χ2v) is 5.67. The molecule has 1 saturated heterocycles. The summed E-state index contributed by atoms with van der Waals surface area (Å²) in [5.41, 5.74) is 1.00. The molecular formula is C15H19BrN2O3.